The molecule has 19 heavy (non-hydrogen) atoms. The number of hydrogen-bond donors (Lipinski definition) is 2. The van der Waals surface area contributed by atoms with Gasteiger partial charge in [0.05, 0.1) is 17.6 Å². The molecule has 5 nitrogen and oxygen atoms in total. The number of aromatic amines is 1. The van der Waals surface area contributed by atoms with Crippen molar-refractivity contribution in [3.05, 3.63) is 30.2 Å². The number of carbonyl (C=O) groups is 1. The molecule has 5 heteroatoms. The maximum Gasteiger partial charge on any atom is 0.224 e. The van der Waals surface area contributed by atoms with Gasteiger partial charge in [-0.05, 0) is 31.4 Å². The third-order valence-corrected chi connectivity index (χ3v) is 3.06. The number of fused-ring (bicyclic) bond motifs is 4. The molecule has 2 unspecified atom stereocenters. The van der Waals surface area contributed by atoms with Gasteiger partial charge >= 0.3 is 0 Å². The molecule has 2 aromatic heterocycles. The molecule has 2 atom stereocenters. The van der Waals surface area contributed by atoms with Crippen LogP contribution in [-0.4, -0.2) is 21.1 Å². The lowest BCUT2D eigenvalue weighted by atomic mass is 10.1. The van der Waals surface area contributed by atoms with Crippen molar-refractivity contribution >= 4 is 11.6 Å². The maximum atomic E-state index is 12.0. The van der Waals surface area contributed by atoms with Crippen LogP contribution in [0.1, 0.15) is 34.1 Å². The lowest BCUT2D eigenvalue weighted by Gasteiger charge is -2.09. The fourth-order valence-electron chi connectivity index (χ4n) is 2.11. The van der Waals surface area contributed by atoms with Crippen LogP contribution in [-0.2, 0) is 11.2 Å². The summed E-state index contributed by atoms with van der Waals surface area (Å²) in [6.07, 6.45) is 3.10. The predicted molar refractivity (Wildman–Crippen MR) is 72.6 cm³/mol. The van der Waals surface area contributed by atoms with E-state index in [2.05, 4.69) is 20.5 Å². The van der Waals surface area contributed by atoms with Gasteiger partial charge in [0.1, 0.15) is 0 Å². The molecule has 2 N–H and O–H groups in total. The van der Waals surface area contributed by atoms with Crippen molar-refractivity contribution in [3.63, 3.8) is 0 Å². The van der Waals surface area contributed by atoms with Crippen LogP contribution in [0.3, 0.4) is 0 Å². The first-order valence-corrected chi connectivity index (χ1v) is 6.26. The fraction of sp³-hybridized carbons (Fsp3) is 0.357. The Morgan fingerprint density at radius 1 is 1.32 bits per heavy atom. The number of H-pyrrole nitrogens is 1. The van der Waals surface area contributed by atoms with E-state index in [4.69, 9.17) is 2.74 Å². The topological polar surface area (TPSA) is 70.7 Å². The lowest BCUT2D eigenvalue weighted by molar-refractivity contribution is -0.116. The monoisotopic (exact) mass is 258 g/mol. The van der Waals surface area contributed by atoms with Crippen LogP contribution in [0, 0.1) is 0 Å². The van der Waals surface area contributed by atoms with E-state index in [-0.39, 0.29) is 12.3 Å². The predicted octanol–water partition coefficient (Wildman–Crippen LogP) is 2.53. The summed E-state index contributed by atoms with van der Waals surface area (Å²) in [7, 11) is 0. The van der Waals surface area contributed by atoms with E-state index in [1.807, 2.05) is 12.1 Å². The van der Waals surface area contributed by atoms with Gasteiger partial charge in [-0.2, -0.15) is 5.10 Å². The van der Waals surface area contributed by atoms with Crippen LogP contribution in [0.2, 0.25) is 0 Å². The van der Waals surface area contributed by atoms with Crippen molar-refractivity contribution < 1.29 is 7.54 Å². The van der Waals surface area contributed by atoms with Gasteiger partial charge < -0.3 is 5.32 Å². The van der Waals surface area contributed by atoms with Crippen LogP contribution in [0.5, 0.6) is 0 Å². The second kappa shape index (κ2) is 5.22. The molecule has 0 radical (unpaired) electrons. The van der Waals surface area contributed by atoms with Gasteiger partial charge in [-0.15, -0.1) is 0 Å². The van der Waals surface area contributed by atoms with Crippen LogP contribution >= 0.6 is 0 Å². The van der Waals surface area contributed by atoms with Gasteiger partial charge in [-0.1, -0.05) is 6.40 Å². The number of anilines is 1. The highest BCUT2D eigenvalue weighted by Gasteiger charge is 2.12. The van der Waals surface area contributed by atoms with Crippen LogP contribution in [0.25, 0.3) is 11.3 Å². The highest BCUT2D eigenvalue weighted by molar-refractivity contribution is 5.94. The summed E-state index contributed by atoms with van der Waals surface area (Å²) in [6.45, 7) is 0. The van der Waals surface area contributed by atoms with Gasteiger partial charge in [0.2, 0.25) is 5.91 Å². The van der Waals surface area contributed by atoms with Crippen molar-refractivity contribution in [2.24, 2.45) is 0 Å². The Morgan fingerprint density at radius 3 is 3.21 bits per heavy atom. The first-order valence-electron chi connectivity index (χ1n) is 7.42. The average Bonchev–Trinajstić information content (AvgIpc) is 2.92. The van der Waals surface area contributed by atoms with Gasteiger partial charge in [0.15, 0.2) is 0 Å². The molecule has 0 aliphatic carbocycles. The fourth-order valence-corrected chi connectivity index (χ4v) is 2.11. The average molecular weight is 258 g/mol. The number of pyridine rings is 1. The van der Waals surface area contributed by atoms with Gasteiger partial charge in [0, 0.05) is 26.6 Å². The number of rotatable bonds is 0. The number of aryl methyl sites for hydroxylation is 1. The number of carbonyl (C=O) groups excluding carboxylic acids is 1. The van der Waals surface area contributed by atoms with E-state index in [1.165, 1.54) is 0 Å². The quantitative estimate of drug-likeness (QED) is 0.762. The zero-order valence-corrected chi connectivity index (χ0v) is 10.4. The van der Waals surface area contributed by atoms with E-state index in [0.717, 1.165) is 17.0 Å². The van der Waals surface area contributed by atoms with Gasteiger partial charge in [0.25, 0.3) is 0 Å². The molecular formula is C14H16N4O. The first kappa shape index (κ1) is 9.72. The normalized spacial score (nSPS) is 25.2. The van der Waals surface area contributed by atoms with Crippen LogP contribution in [0.4, 0.5) is 5.69 Å². The molecule has 0 spiro atoms. The maximum absolute atomic E-state index is 12.0. The SMILES string of the molecule is [2H]C1CCc2cc(ccn2)-c2[nH]ncc2NC(=O)CC1[2H]. The van der Waals surface area contributed by atoms with E-state index in [0.29, 0.717) is 18.5 Å². The Labute approximate surface area is 114 Å². The number of amides is 1. The Kier molecular flexibility index (Phi) is 2.67. The molecule has 1 aliphatic rings. The summed E-state index contributed by atoms with van der Waals surface area (Å²) in [5.41, 5.74) is 3.10. The minimum atomic E-state index is -0.733. The minimum Gasteiger partial charge on any atom is -0.323 e. The Bertz CT molecular complexity index is 658. The molecule has 3 rings (SSSR count). The van der Waals surface area contributed by atoms with E-state index in [9.17, 15) is 4.79 Å². The largest absolute Gasteiger partial charge is 0.323 e. The summed E-state index contributed by atoms with van der Waals surface area (Å²) in [6, 6.07) is 3.78. The molecule has 1 aliphatic heterocycles. The molecule has 0 saturated carbocycles. The second-order valence-corrected chi connectivity index (χ2v) is 4.46. The van der Waals surface area contributed by atoms with E-state index < -0.39 is 12.8 Å². The van der Waals surface area contributed by atoms with Crippen molar-refractivity contribution in [1.82, 2.24) is 15.2 Å². The minimum absolute atomic E-state index is 0.0140. The zero-order chi connectivity index (χ0) is 14.8. The summed E-state index contributed by atoms with van der Waals surface area (Å²) in [4.78, 5) is 16.3. The van der Waals surface area contributed by atoms with Crippen molar-refractivity contribution in [1.29, 1.82) is 0 Å². The third-order valence-electron chi connectivity index (χ3n) is 3.06. The first-order chi connectivity index (χ1) is 10.1. The van der Waals surface area contributed by atoms with E-state index in [1.54, 1.807) is 12.4 Å². The van der Waals surface area contributed by atoms with Crippen molar-refractivity contribution in [2.75, 3.05) is 5.32 Å². The molecule has 98 valence electrons. The van der Waals surface area contributed by atoms with E-state index >= 15 is 0 Å². The summed E-state index contributed by atoms with van der Waals surface area (Å²) >= 11 is 0. The molecule has 2 aromatic rings. The molecule has 1 amide bonds. The van der Waals surface area contributed by atoms with Crippen LogP contribution < -0.4 is 5.32 Å². The summed E-state index contributed by atoms with van der Waals surface area (Å²) in [5.74, 6) is -0.259. The number of nitrogens with zero attached hydrogens (tertiary/aromatic N) is 2. The number of hydrogen-bond acceptors (Lipinski definition) is 3. The Morgan fingerprint density at radius 2 is 2.26 bits per heavy atom. The lowest BCUT2D eigenvalue weighted by Crippen LogP contribution is -2.11. The molecule has 2 bridgehead atoms. The molecular weight excluding hydrogens is 240 g/mol. The Hall–Kier alpha value is -2.17. The molecule has 3 heterocycles. The van der Waals surface area contributed by atoms with Crippen molar-refractivity contribution in [2.45, 2.75) is 32.1 Å². The van der Waals surface area contributed by atoms with Gasteiger partial charge in [-0.25, -0.2) is 0 Å². The highest BCUT2D eigenvalue weighted by atomic mass is 16.1. The molecule has 0 fully saturated rings. The number of nitrogens with one attached hydrogen (secondary N) is 2. The zero-order valence-electron chi connectivity index (χ0n) is 12.4. The Balaban J connectivity index is 2.01. The highest BCUT2D eigenvalue weighted by Crippen LogP contribution is 2.26. The van der Waals surface area contributed by atoms with Gasteiger partial charge in [-0.3, -0.25) is 14.9 Å². The smallest absolute Gasteiger partial charge is 0.224 e. The molecule has 0 saturated heterocycles. The van der Waals surface area contributed by atoms with Crippen molar-refractivity contribution in [3.8, 4) is 11.3 Å². The summed E-state index contributed by atoms with van der Waals surface area (Å²) in [5, 5.41) is 9.62. The summed E-state index contributed by atoms with van der Waals surface area (Å²) < 4.78 is 15.9. The standard InChI is InChI=1S/C14H16N4O/c19-13-5-3-1-2-4-11-8-10(6-7-15-11)14-12(17-13)9-16-18-14/h6-9H,1-5H2,(H,16,18)(H,17,19)/i1D,3D. The third kappa shape index (κ3) is 2.65. The van der Waals surface area contributed by atoms with Crippen LogP contribution in [0.15, 0.2) is 24.5 Å². The second-order valence-electron chi connectivity index (χ2n) is 4.46. The molecule has 0 aromatic carbocycles. The number of aromatic nitrogens is 3.